The number of halogens is 1. The summed E-state index contributed by atoms with van der Waals surface area (Å²) in [7, 11) is 1.79. The van der Waals surface area contributed by atoms with Gasteiger partial charge in [-0.1, -0.05) is 35.9 Å². The maximum absolute atomic E-state index is 6.05. The number of morpholine rings is 1. The summed E-state index contributed by atoms with van der Waals surface area (Å²) in [5.41, 5.74) is 2.47. The second-order valence-electron chi connectivity index (χ2n) is 6.27. The number of ether oxygens (including phenoxy) is 2. The van der Waals surface area contributed by atoms with Crippen molar-refractivity contribution in [3.8, 4) is 5.88 Å². The van der Waals surface area contributed by atoms with Crippen LogP contribution in [-0.2, 0) is 4.74 Å². The molecular weight excluding hydrogens is 364 g/mol. The van der Waals surface area contributed by atoms with Crippen LogP contribution in [0.25, 0.3) is 0 Å². The molecule has 3 rings (SSSR count). The van der Waals surface area contributed by atoms with E-state index in [1.807, 2.05) is 6.07 Å². The lowest BCUT2D eigenvalue weighted by Gasteiger charge is -2.35. The molecular formula is C20H25ClN4O2. The normalized spacial score (nSPS) is 17.7. The van der Waals surface area contributed by atoms with Crippen molar-refractivity contribution in [2.45, 2.75) is 13.0 Å². The van der Waals surface area contributed by atoms with E-state index < -0.39 is 0 Å². The van der Waals surface area contributed by atoms with E-state index in [1.54, 1.807) is 25.4 Å². The number of aryl methyl sites for hydroxylation is 1. The second-order valence-corrected chi connectivity index (χ2v) is 6.68. The van der Waals surface area contributed by atoms with E-state index in [0.29, 0.717) is 30.7 Å². The molecule has 0 saturated carbocycles. The lowest BCUT2D eigenvalue weighted by Crippen LogP contribution is -2.49. The smallest absolute Gasteiger partial charge is 0.232 e. The third-order valence-electron chi connectivity index (χ3n) is 4.46. The third-order valence-corrected chi connectivity index (χ3v) is 4.75. The summed E-state index contributed by atoms with van der Waals surface area (Å²) in [6, 6.07) is 11.9. The van der Waals surface area contributed by atoms with Crippen molar-refractivity contribution in [1.29, 1.82) is 0 Å². The zero-order valence-electron chi connectivity index (χ0n) is 15.7. The van der Waals surface area contributed by atoms with E-state index in [9.17, 15) is 0 Å². The van der Waals surface area contributed by atoms with Gasteiger partial charge in [-0.25, -0.2) is 4.98 Å². The van der Waals surface area contributed by atoms with Crippen molar-refractivity contribution in [1.82, 2.24) is 15.2 Å². The summed E-state index contributed by atoms with van der Waals surface area (Å²) in [6.45, 7) is 5.39. The molecule has 1 N–H and O–H groups in total. The molecule has 1 saturated heterocycles. The summed E-state index contributed by atoms with van der Waals surface area (Å²) >= 11 is 6.05. The van der Waals surface area contributed by atoms with Gasteiger partial charge >= 0.3 is 0 Å². The lowest BCUT2D eigenvalue weighted by atomic mass is 10.0. The van der Waals surface area contributed by atoms with E-state index in [2.05, 4.69) is 45.3 Å². The molecule has 144 valence electrons. The van der Waals surface area contributed by atoms with Gasteiger partial charge in [-0.15, -0.1) is 0 Å². The van der Waals surface area contributed by atoms with Gasteiger partial charge < -0.3 is 19.7 Å². The Labute approximate surface area is 165 Å². The quantitative estimate of drug-likeness (QED) is 0.484. The minimum Gasteiger partial charge on any atom is -0.475 e. The molecule has 0 amide bonds. The lowest BCUT2D eigenvalue weighted by molar-refractivity contribution is -0.00834. The standard InChI is InChI=1S/C20H25ClN4O2/c1-15-6-3-4-7-16(15)18-14-25(11-13-26-18)20(22-2)24-10-12-27-19-17(21)8-5-9-23-19/h3-9,18H,10-14H2,1-2H3,(H,22,24). The molecule has 0 radical (unpaired) electrons. The van der Waals surface area contributed by atoms with Crippen LogP contribution in [0.3, 0.4) is 0 Å². The molecule has 2 aromatic rings. The largest absolute Gasteiger partial charge is 0.475 e. The fraction of sp³-hybridized carbons (Fsp3) is 0.400. The van der Waals surface area contributed by atoms with Gasteiger partial charge in [0.05, 0.1) is 19.7 Å². The number of benzene rings is 1. The number of rotatable bonds is 5. The minimum atomic E-state index is 0.0436. The summed E-state index contributed by atoms with van der Waals surface area (Å²) in [6.07, 6.45) is 1.70. The Morgan fingerprint density at radius 1 is 1.37 bits per heavy atom. The average Bonchev–Trinajstić information content (AvgIpc) is 2.70. The van der Waals surface area contributed by atoms with Crippen LogP contribution in [0.15, 0.2) is 47.6 Å². The van der Waals surface area contributed by atoms with Crippen LogP contribution >= 0.6 is 11.6 Å². The molecule has 1 fully saturated rings. The molecule has 1 unspecified atom stereocenters. The highest BCUT2D eigenvalue weighted by atomic mass is 35.5. The maximum atomic E-state index is 6.05. The Hall–Kier alpha value is -2.31. The average molecular weight is 389 g/mol. The van der Waals surface area contributed by atoms with Gasteiger partial charge in [0.1, 0.15) is 17.7 Å². The van der Waals surface area contributed by atoms with Gasteiger partial charge in [0.25, 0.3) is 0 Å². The van der Waals surface area contributed by atoms with Gasteiger partial charge in [-0.05, 0) is 30.2 Å². The zero-order valence-corrected chi connectivity index (χ0v) is 16.4. The van der Waals surface area contributed by atoms with Crippen LogP contribution in [-0.4, -0.2) is 55.7 Å². The SMILES string of the molecule is CN=C(NCCOc1ncccc1Cl)N1CCOC(c2ccccc2C)C1. The molecule has 2 heterocycles. The van der Waals surface area contributed by atoms with E-state index in [4.69, 9.17) is 21.1 Å². The van der Waals surface area contributed by atoms with Crippen molar-refractivity contribution in [3.63, 3.8) is 0 Å². The number of hydrogen-bond donors (Lipinski definition) is 1. The molecule has 1 aliphatic heterocycles. The zero-order chi connectivity index (χ0) is 19.1. The van der Waals surface area contributed by atoms with Crippen molar-refractivity contribution < 1.29 is 9.47 Å². The van der Waals surface area contributed by atoms with Gasteiger partial charge in [0, 0.05) is 19.8 Å². The van der Waals surface area contributed by atoms with Crippen molar-refractivity contribution >= 4 is 17.6 Å². The van der Waals surface area contributed by atoms with E-state index in [-0.39, 0.29) is 6.10 Å². The molecule has 7 heteroatoms. The number of nitrogens with zero attached hydrogens (tertiary/aromatic N) is 3. The Bertz CT molecular complexity index is 784. The monoisotopic (exact) mass is 388 g/mol. The molecule has 0 bridgehead atoms. The number of nitrogens with one attached hydrogen (secondary N) is 1. The minimum absolute atomic E-state index is 0.0436. The first kappa shape index (κ1) is 19.5. The Morgan fingerprint density at radius 3 is 3.00 bits per heavy atom. The Balaban J connectivity index is 1.53. The highest BCUT2D eigenvalue weighted by Crippen LogP contribution is 2.25. The maximum Gasteiger partial charge on any atom is 0.232 e. The number of aliphatic imine (C=N–C) groups is 1. The molecule has 1 atom stereocenters. The first-order chi connectivity index (χ1) is 13.2. The van der Waals surface area contributed by atoms with Gasteiger partial charge in [-0.2, -0.15) is 0 Å². The van der Waals surface area contributed by atoms with E-state index in [1.165, 1.54) is 11.1 Å². The molecule has 0 aliphatic carbocycles. The molecule has 0 spiro atoms. The van der Waals surface area contributed by atoms with Crippen molar-refractivity contribution in [2.24, 2.45) is 4.99 Å². The van der Waals surface area contributed by atoms with Crippen LogP contribution in [0.1, 0.15) is 17.2 Å². The number of aromatic nitrogens is 1. The van der Waals surface area contributed by atoms with Crippen LogP contribution in [0, 0.1) is 6.92 Å². The Morgan fingerprint density at radius 2 is 2.22 bits per heavy atom. The number of pyridine rings is 1. The van der Waals surface area contributed by atoms with Crippen LogP contribution in [0.5, 0.6) is 5.88 Å². The third kappa shape index (κ3) is 5.11. The predicted octanol–water partition coefficient (Wildman–Crippen LogP) is 3.07. The summed E-state index contributed by atoms with van der Waals surface area (Å²) in [4.78, 5) is 10.7. The van der Waals surface area contributed by atoms with Crippen LogP contribution < -0.4 is 10.1 Å². The highest BCUT2D eigenvalue weighted by molar-refractivity contribution is 6.31. The molecule has 6 nitrogen and oxygen atoms in total. The van der Waals surface area contributed by atoms with Crippen LogP contribution in [0.4, 0.5) is 0 Å². The summed E-state index contributed by atoms with van der Waals surface area (Å²) < 4.78 is 11.6. The molecule has 1 aliphatic rings. The van der Waals surface area contributed by atoms with Gasteiger partial charge in [0.2, 0.25) is 5.88 Å². The topological polar surface area (TPSA) is 59.0 Å². The molecule has 1 aromatic carbocycles. The highest BCUT2D eigenvalue weighted by Gasteiger charge is 2.25. The van der Waals surface area contributed by atoms with Crippen molar-refractivity contribution in [3.05, 3.63) is 58.7 Å². The van der Waals surface area contributed by atoms with Gasteiger partial charge in [-0.3, -0.25) is 4.99 Å². The fourth-order valence-electron chi connectivity index (χ4n) is 3.10. The summed E-state index contributed by atoms with van der Waals surface area (Å²) in [5.74, 6) is 1.29. The van der Waals surface area contributed by atoms with Crippen LogP contribution in [0.2, 0.25) is 5.02 Å². The Kier molecular flexibility index (Phi) is 6.90. The van der Waals surface area contributed by atoms with Crippen molar-refractivity contribution in [2.75, 3.05) is 39.9 Å². The first-order valence-electron chi connectivity index (χ1n) is 9.05. The predicted molar refractivity (Wildman–Crippen MR) is 108 cm³/mol. The number of hydrogen-bond acceptors (Lipinski definition) is 4. The first-order valence-corrected chi connectivity index (χ1v) is 9.43. The molecule has 1 aromatic heterocycles. The van der Waals surface area contributed by atoms with Gasteiger partial charge in [0.15, 0.2) is 5.96 Å². The van der Waals surface area contributed by atoms with E-state index >= 15 is 0 Å². The fourth-order valence-corrected chi connectivity index (χ4v) is 3.27. The summed E-state index contributed by atoms with van der Waals surface area (Å²) in [5, 5.41) is 3.85. The van der Waals surface area contributed by atoms with E-state index in [0.717, 1.165) is 19.0 Å². The second kappa shape index (κ2) is 9.58. The molecule has 27 heavy (non-hydrogen) atoms. The number of guanidine groups is 1.